The van der Waals surface area contributed by atoms with Gasteiger partial charge in [-0.25, -0.2) is 0 Å². The Morgan fingerprint density at radius 1 is 1.04 bits per heavy atom. The number of para-hydroxylation sites is 1. The number of ether oxygens (including phenoxy) is 1. The molecule has 0 saturated carbocycles. The summed E-state index contributed by atoms with van der Waals surface area (Å²) in [5, 5.41) is 5.12. The lowest BCUT2D eigenvalue weighted by Gasteiger charge is -2.48. The Labute approximate surface area is 276 Å². The van der Waals surface area contributed by atoms with Crippen molar-refractivity contribution in [2.75, 3.05) is 39.1 Å². The van der Waals surface area contributed by atoms with E-state index >= 15 is 0 Å². The first-order valence-electron chi connectivity index (χ1n) is 17.4. The number of benzene rings is 2. The first-order valence-corrected chi connectivity index (χ1v) is 17.4. The molecule has 2 aliphatic carbocycles. The monoisotopic (exact) mass is 628 g/mol. The average Bonchev–Trinajstić information content (AvgIpc) is 3.76. The van der Waals surface area contributed by atoms with Crippen LogP contribution in [0.2, 0.25) is 0 Å². The number of piperidine rings is 2. The summed E-state index contributed by atoms with van der Waals surface area (Å²) in [6.45, 7) is 7.09. The molecule has 7 atom stereocenters. The summed E-state index contributed by atoms with van der Waals surface area (Å²) in [6, 6.07) is 16.2. The molecule has 7 heteroatoms. The topological polar surface area (TPSA) is 77.7 Å². The van der Waals surface area contributed by atoms with E-state index in [0.29, 0.717) is 6.04 Å². The second-order valence-electron chi connectivity index (χ2n) is 14.8. The van der Waals surface area contributed by atoms with Gasteiger partial charge in [-0.05, 0) is 81.3 Å². The number of H-pyrrole nitrogens is 1. The van der Waals surface area contributed by atoms with Crippen molar-refractivity contribution in [3.8, 4) is 0 Å². The Hall–Kier alpha value is -3.94. The predicted octanol–water partition coefficient (Wildman–Crippen LogP) is 6.08. The third kappa shape index (κ3) is 3.87. The van der Waals surface area contributed by atoms with E-state index in [-0.39, 0.29) is 41.1 Å². The Balaban J connectivity index is 1.22. The highest BCUT2D eigenvalue weighted by Crippen LogP contribution is 2.61. The number of carbonyl (C=O) groups excluding carboxylic acids is 2. The van der Waals surface area contributed by atoms with Gasteiger partial charge in [0.05, 0.1) is 18.4 Å². The molecule has 2 N–H and O–H groups in total. The third-order valence-electron chi connectivity index (χ3n) is 13.2. The number of methoxy groups -OCH3 is 1. The molecule has 242 valence electrons. The molecule has 0 radical (unpaired) electrons. The van der Waals surface area contributed by atoms with Gasteiger partial charge in [-0.15, -0.1) is 0 Å². The highest BCUT2D eigenvalue weighted by atomic mass is 16.5. The van der Waals surface area contributed by atoms with Gasteiger partial charge in [0.1, 0.15) is 6.29 Å². The summed E-state index contributed by atoms with van der Waals surface area (Å²) in [5.74, 6) is -0.0139. The second kappa shape index (κ2) is 10.5. The SMILES string of the molecule is C/C=C1/CN2CC[C@]34C(=C(C=O)C1C[C@H]23)Nc1cc([C@H]2C[C@@H]3/C(=C\C)CN(C)[C@@H](Cc5c2[nH]c2ccccc52)[C@H]3C(=O)OC)ccc14. The number of hydrogen-bond acceptors (Lipinski definition) is 6. The van der Waals surface area contributed by atoms with E-state index in [0.717, 1.165) is 74.1 Å². The minimum Gasteiger partial charge on any atom is -0.469 e. The van der Waals surface area contributed by atoms with Crippen LogP contribution in [0.15, 0.2) is 77.0 Å². The molecule has 47 heavy (non-hydrogen) atoms. The normalized spacial score (nSPS) is 34.5. The predicted molar refractivity (Wildman–Crippen MR) is 184 cm³/mol. The van der Waals surface area contributed by atoms with E-state index in [1.54, 1.807) is 0 Å². The van der Waals surface area contributed by atoms with Crippen LogP contribution < -0.4 is 5.32 Å². The van der Waals surface area contributed by atoms with E-state index in [1.165, 1.54) is 46.0 Å². The van der Waals surface area contributed by atoms with Crippen LogP contribution in [0, 0.1) is 17.8 Å². The lowest BCUT2D eigenvalue weighted by molar-refractivity contribution is -0.151. The van der Waals surface area contributed by atoms with Gasteiger partial charge in [0.2, 0.25) is 0 Å². The van der Waals surface area contributed by atoms with Gasteiger partial charge in [-0.2, -0.15) is 0 Å². The summed E-state index contributed by atoms with van der Waals surface area (Å²) in [7, 11) is 3.69. The van der Waals surface area contributed by atoms with Crippen molar-refractivity contribution in [2.24, 2.45) is 17.8 Å². The molecule has 6 aliphatic rings. The summed E-state index contributed by atoms with van der Waals surface area (Å²) >= 11 is 0. The highest BCUT2D eigenvalue weighted by molar-refractivity contribution is 5.87. The lowest BCUT2D eigenvalue weighted by atomic mass is 9.62. The van der Waals surface area contributed by atoms with Crippen LogP contribution in [0.5, 0.6) is 0 Å². The zero-order chi connectivity index (χ0) is 32.2. The van der Waals surface area contributed by atoms with Gasteiger partial charge >= 0.3 is 5.97 Å². The van der Waals surface area contributed by atoms with Crippen molar-refractivity contribution in [3.63, 3.8) is 0 Å². The first kappa shape index (κ1) is 29.2. The number of anilines is 1. The minimum absolute atomic E-state index is 0.0550. The smallest absolute Gasteiger partial charge is 0.310 e. The number of aromatic amines is 1. The maximum atomic E-state index is 13.6. The van der Waals surface area contributed by atoms with Gasteiger partial charge in [0.25, 0.3) is 0 Å². The molecule has 7 nitrogen and oxygen atoms in total. The zero-order valence-electron chi connectivity index (χ0n) is 27.8. The fraction of sp³-hybridized carbons (Fsp3) is 0.450. The second-order valence-corrected chi connectivity index (χ2v) is 14.8. The Morgan fingerprint density at radius 3 is 2.66 bits per heavy atom. The number of likely N-dealkylation sites (N-methyl/N-ethyl adjacent to an activating group) is 1. The molecule has 1 aromatic heterocycles. The number of fused-ring (bicyclic) bond motifs is 7. The number of allylic oxidation sites excluding steroid dienone is 3. The van der Waals surface area contributed by atoms with Crippen LogP contribution in [0.3, 0.4) is 0 Å². The third-order valence-corrected chi connectivity index (χ3v) is 13.2. The standard InChI is InChI=1S/C40H44N4O3/c1-5-22-19-43(3)34-17-29-25-9-7-8-10-32(25)41-37(29)28(16-27(22)36(34)39(46)47-4)24-11-12-31-33(15-24)42-38-30(21-45)26-18-35-40(31,38)13-14-44(35)20-23(26)6-2/h5-12,15,21,26-28,34-36,41-42H,13-14,16-20H2,1-4H3/b22-5-,23-6-/t26?,27-,28-,34+,35+,36+,40-/m1/s1. The summed E-state index contributed by atoms with van der Waals surface area (Å²) in [4.78, 5) is 35.3. The molecule has 2 aromatic carbocycles. The molecule has 0 amide bonds. The van der Waals surface area contributed by atoms with Crippen molar-refractivity contribution >= 4 is 28.8 Å². The van der Waals surface area contributed by atoms with Crippen LogP contribution in [0.4, 0.5) is 5.69 Å². The molecular formula is C40H44N4O3. The number of nitrogens with zero attached hydrogens (tertiary/aromatic N) is 2. The molecule has 9 rings (SSSR count). The fourth-order valence-electron chi connectivity index (χ4n) is 11.0. The molecular weight excluding hydrogens is 584 g/mol. The molecule has 4 aliphatic heterocycles. The van der Waals surface area contributed by atoms with Crippen LogP contribution in [-0.4, -0.2) is 72.9 Å². The summed E-state index contributed by atoms with van der Waals surface area (Å²) in [5.41, 5.74) is 12.1. The van der Waals surface area contributed by atoms with E-state index in [4.69, 9.17) is 4.74 Å². The number of nitrogens with one attached hydrogen (secondary N) is 2. The maximum absolute atomic E-state index is 13.6. The van der Waals surface area contributed by atoms with Gasteiger partial charge in [-0.1, -0.05) is 53.6 Å². The molecule has 3 aromatic rings. The van der Waals surface area contributed by atoms with Crippen molar-refractivity contribution in [1.29, 1.82) is 0 Å². The van der Waals surface area contributed by atoms with E-state index in [9.17, 15) is 9.59 Å². The fourth-order valence-corrected chi connectivity index (χ4v) is 11.0. The Bertz CT molecular complexity index is 1930. The minimum atomic E-state index is -0.242. The number of likely N-dealkylation sites (tertiary alicyclic amines) is 1. The molecule has 1 unspecified atom stereocenters. The number of rotatable bonds is 3. The highest BCUT2D eigenvalue weighted by Gasteiger charge is 2.61. The van der Waals surface area contributed by atoms with Gasteiger partial charge in [0, 0.05) is 77.1 Å². The van der Waals surface area contributed by atoms with Gasteiger partial charge in [0.15, 0.2) is 0 Å². The van der Waals surface area contributed by atoms with Gasteiger partial charge < -0.3 is 15.0 Å². The van der Waals surface area contributed by atoms with Crippen LogP contribution in [0.1, 0.15) is 61.4 Å². The van der Waals surface area contributed by atoms with Crippen LogP contribution in [-0.2, 0) is 26.2 Å². The van der Waals surface area contributed by atoms with Crippen molar-refractivity contribution < 1.29 is 14.3 Å². The summed E-state index contributed by atoms with van der Waals surface area (Å²) < 4.78 is 5.52. The van der Waals surface area contributed by atoms with Crippen molar-refractivity contribution in [3.05, 3.63) is 99.4 Å². The maximum Gasteiger partial charge on any atom is 0.310 e. The molecule has 1 spiro atoms. The van der Waals surface area contributed by atoms with Gasteiger partial charge in [-0.3, -0.25) is 19.4 Å². The lowest BCUT2D eigenvalue weighted by Crippen LogP contribution is -2.53. The van der Waals surface area contributed by atoms with E-state index in [1.807, 2.05) is 0 Å². The van der Waals surface area contributed by atoms with Crippen LogP contribution >= 0.6 is 0 Å². The number of aldehydes is 1. The Morgan fingerprint density at radius 2 is 1.87 bits per heavy atom. The number of aromatic nitrogens is 1. The molecule has 3 fully saturated rings. The number of hydrogen-bond donors (Lipinski definition) is 2. The van der Waals surface area contributed by atoms with Crippen LogP contribution in [0.25, 0.3) is 10.9 Å². The van der Waals surface area contributed by atoms with E-state index in [2.05, 4.69) is 95.6 Å². The van der Waals surface area contributed by atoms with Crippen molar-refractivity contribution in [2.45, 2.75) is 62.9 Å². The van der Waals surface area contributed by atoms with E-state index < -0.39 is 0 Å². The summed E-state index contributed by atoms with van der Waals surface area (Å²) in [6.07, 6.45) is 9.25. The average molecular weight is 629 g/mol. The zero-order valence-corrected chi connectivity index (χ0v) is 27.8. The first-order chi connectivity index (χ1) is 22.9. The Kier molecular flexibility index (Phi) is 6.55. The number of esters is 1. The number of carbonyl (C=O) groups is 2. The quantitative estimate of drug-likeness (QED) is 0.208. The largest absolute Gasteiger partial charge is 0.469 e. The van der Waals surface area contributed by atoms with Crippen molar-refractivity contribution in [1.82, 2.24) is 14.8 Å². The molecule has 5 heterocycles. The molecule has 3 saturated heterocycles. The molecule has 4 bridgehead atoms.